The lowest BCUT2D eigenvalue weighted by Gasteiger charge is -2.41. The molecule has 34 heavy (non-hydrogen) atoms. The summed E-state index contributed by atoms with van der Waals surface area (Å²) >= 11 is 0. The molecule has 3 aliphatic heterocycles. The Kier molecular flexibility index (Phi) is 6.04. The zero-order valence-corrected chi connectivity index (χ0v) is 20.5. The molecule has 7 heteroatoms. The van der Waals surface area contributed by atoms with Gasteiger partial charge in [0.1, 0.15) is 6.10 Å². The van der Waals surface area contributed by atoms with Gasteiger partial charge in [-0.1, -0.05) is 12.1 Å². The SMILES string of the molecule is Cc1ccc2c(c1C)C(=O)O[C@@H]2C1c2c(cc3c(c2C)OCO3)CCN1CC(O)COC(C)C. The number of aliphatic hydroxyl groups excluding tert-OH is 1. The smallest absolute Gasteiger partial charge is 0.339 e. The average Bonchev–Trinajstić information content (AvgIpc) is 3.40. The molecule has 0 aromatic heterocycles. The third-order valence-electron chi connectivity index (χ3n) is 7.26. The summed E-state index contributed by atoms with van der Waals surface area (Å²) in [5, 5.41) is 10.8. The van der Waals surface area contributed by atoms with E-state index in [0.717, 1.165) is 52.3 Å². The number of carbonyl (C=O) groups excluding carboxylic acids is 1. The van der Waals surface area contributed by atoms with Gasteiger partial charge in [-0.2, -0.15) is 0 Å². The molecule has 0 bridgehead atoms. The van der Waals surface area contributed by atoms with Gasteiger partial charge in [0, 0.05) is 24.2 Å². The fourth-order valence-corrected chi connectivity index (χ4v) is 5.48. The zero-order chi connectivity index (χ0) is 24.1. The second kappa shape index (κ2) is 8.87. The van der Waals surface area contributed by atoms with Gasteiger partial charge < -0.3 is 24.1 Å². The van der Waals surface area contributed by atoms with Crippen LogP contribution < -0.4 is 9.47 Å². The van der Waals surface area contributed by atoms with E-state index in [1.807, 2.05) is 40.7 Å². The first-order chi connectivity index (χ1) is 16.3. The molecule has 5 rings (SSSR count). The molecule has 7 nitrogen and oxygen atoms in total. The molecular weight excluding hydrogens is 434 g/mol. The first-order valence-corrected chi connectivity index (χ1v) is 12.0. The minimum absolute atomic E-state index is 0.0448. The summed E-state index contributed by atoms with van der Waals surface area (Å²) in [5.74, 6) is 1.23. The maximum absolute atomic E-state index is 13.0. The molecule has 0 aliphatic carbocycles. The molecule has 0 radical (unpaired) electrons. The van der Waals surface area contributed by atoms with Gasteiger partial charge in [-0.15, -0.1) is 0 Å². The Balaban J connectivity index is 1.58. The number of cyclic esters (lactones) is 1. The summed E-state index contributed by atoms with van der Waals surface area (Å²) in [7, 11) is 0. The maximum Gasteiger partial charge on any atom is 0.339 e. The second-order valence-corrected chi connectivity index (χ2v) is 9.83. The van der Waals surface area contributed by atoms with Crippen LogP contribution in [0.2, 0.25) is 0 Å². The predicted molar refractivity (Wildman–Crippen MR) is 126 cm³/mol. The lowest BCUT2D eigenvalue weighted by Crippen LogP contribution is -2.44. The molecule has 0 spiro atoms. The number of hydrogen-bond acceptors (Lipinski definition) is 7. The van der Waals surface area contributed by atoms with Crippen molar-refractivity contribution in [2.24, 2.45) is 0 Å². The van der Waals surface area contributed by atoms with Gasteiger partial charge >= 0.3 is 5.97 Å². The number of benzene rings is 2. The summed E-state index contributed by atoms with van der Waals surface area (Å²) in [6, 6.07) is 5.88. The Bertz CT molecular complexity index is 1130. The predicted octanol–water partition coefficient (Wildman–Crippen LogP) is 3.94. The van der Waals surface area contributed by atoms with Crippen molar-refractivity contribution < 1.29 is 28.8 Å². The van der Waals surface area contributed by atoms with Crippen LogP contribution in [0.5, 0.6) is 11.5 Å². The minimum Gasteiger partial charge on any atom is -0.454 e. The van der Waals surface area contributed by atoms with E-state index in [1.54, 1.807) is 0 Å². The normalized spacial score (nSPS) is 22.0. The summed E-state index contributed by atoms with van der Waals surface area (Å²) < 4.78 is 23.2. The number of ether oxygens (including phenoxy) is 4. The highest BCUT2D eigenvalue weighted by molar-refractivity contribution is 5.96. The average molecular weight is 468 g/mol. The number of carbonyl (C=O) groups is 1. The Morgan fingerprint density at radius 1 is 1.18 bits per heavy atom. The summed E-state index contributed by atoms with van der Waals surface area (Å²) in [5.41, 5.74) is 6.86. The molecule has 0 saturated carbocycles. The van der Waals surface area contributed by atoms with Crippen molar-refractivity contribution in [1.82, 2.24) is 4.90 Å². The van der Waals surface area contributed by atoms with Crippen molar-refractivity contribution in [3.63, 3.8) is 0 Å². The van der Waals surface area contributed by atoms with Gasteiger partial charge in [-0.3, -0.25) is 4.90 Å². The van der Waals surface area contributed by atoms with E-state index < -0.39 is 12.2 Å². The molecule has 3 aliphatic rings. The van der Waals surface area contributed by atoms with Crippen LogP contribution in [0.4, 0.5) is 0 Å². The molecule has 1 N–H and O–H groups in total. The molecule has 3 heterocycles. The number of rotatable bonds is 6. The van der Waals surface area contributed by atoms with E-state index in [-0.39, 0.29) is 31.5 Å². The van der Waals surface area contributed by atoms with E-state index in [9.17, 15) is 9.90 Å². The number of fused-ring (bicyclic) bond motifs is 3. The topological polar surface area (TPSA) is 77.5 Å². The third-order valence-corrected chi connectivity index (χ3v) is 7.26. The van der Waals surface area contributed by atoms with Crippen LogP contribution in [0, 0.1) is 20.8 Å². The highest BCUT2D eigenvalue weighted by Crippen LogP contribution is 2.51. The molecule has 2 aromatic rings. The number of aryl methyl sites for hydroxylation is 1. The zero-order valence-electron chi connectivity index (χ0n) is 20.5. The number of hydrogen-bond donors (Lipinski definition) is 1. The van der Waals surface area contributed by atoms with Crippen LogP contribution in [0.3, 0.4) is 0 Å². The van der Waals surface area contributed by atoms with E-state index in [4.69, 9.17) is 18.9 Å². The van der Waals surface area contributed by atoms with Crippen molar-refractivity contribution in [1.29, 1.82) is 0 Å². The summed E-state index contributed by atoms with van der Waals surface area (Å²) in [6.07, 6.45) is -0.278. The highest BCUT2D eigenvalue weighted by Gasteiger charge is 2.45. The van der Waals surface area contributed by atoms with Crippen LogP contribution in [-0.2, 0) is 15.9 Å². The highest BCUT2D eigenvalue weighted by atomic mass is 16.7. The minimum atomic E-state index is -0.655. The van der Waals surface area contributed by atoms with Gasteiger partial charge in [0.15, 0.2) is 11.5 Å². The maximum atomic E-state index is 13.0. The van der Waals surface area contributed by atoms with Gasteiger partial charge in [0.25, 0.3) is 0 Å². The lowest BCUT2D eigenvalue weighted by atomic mass is 9.82. The molecule has 0 amide bonds. The van der Waals surface area contributed by atoms with Crippen LogP contribution in [-0.4, -0.2) is 54.7 Å². The Morgan fingerprint density at radius 3 is 2.74 bits per heavy atom. The van der Waals surface area contributed by atoms with Gasteiger partial charge in [-0.05, 0) is 69.4 Å². The monoisotopic (exact) mass is 467 g/mol. The van der Waals surface area contributed by atoms with Crippen molar-refractivity contribution in [3.05, 3.63) is 57.1 Å². The van der Waals surface area contributed by atoms with Crippen molar-refractivity contribution >= 4 is 5.97 Å². The summed E-state index contributed by atoms with van der Waals surface area (Å²) in [4.78, 5) is 15.3. The Hall–Kier alpha value is -2.61. The van der Waals surface area contributed by atoms with Gasteiger partial charge in [-0.25, -0.2) is 4.79 Å². The number of aliphatic hydroxyl groups is 1. The van der Waals surface area contributed by atoms with Crippen molar-refractivity contribution in [3.8, 4) is 11.5 Å². The molecule has 0 fully saturated rings. The molecule has 3 atom stereocenters. The Labute approximate surface area is 200 Å². The molecule has 2 aromatic carbocycles. The largest absolute Gasteiger partial charge is 0.454 e. The lowest BCUT2D eigenvalue weighted by molar-refractivity contribution is -0.0360. The van der Waals surface area contributed by atoms with E-state index >= 15 is 0 Å². The quantitative estimate of drug-likeness (QED) is 0.645. The van der Waals surface area contributed by atoms with Crippen LogP contribution in [0.25, 0.3) is 0 Å². The molecule has 182 valence electrons. The van der Waals surface area contributed by atoms with Crippen LogP contribution >= 0.6 is 0 Å². The fraction of sp³-hybridized carbons (Fsp3) is 0.519. The van der Waals surface area contributed by atoms with Crippen LogP contribution in [0.1, 0.15) is 69.7 Å². The third kappa shape index (κ3) is 3.85. The number of esters is 1. The van der Waals surface area contributed by atoms with E-state index in [2.05, 4.69) is 17.0 Å². The first kappa shape index (κ1) is 23.1. The van der Waals surface area contributed by atoms with Gasteiger partial charge in [0.2, 0.25) is 6.79 Å². The number of β-amino-alcohol motifs (C(OH)–C–C–N with tert-alkyl or cyclic N) is 1. The van der Waals surface area contributed by atoms with E-state index in [1.165, 1.54) is 5.56 Å². The molecule has 0 saturated heterocycles. The van der Waals surface area contributed by atoms with Crippen LogP contribution in [0.15, 0.2) is 18.2 Å². The van der Waals surface area contributed by atoms with Crippen molar-refractivity contribution in [2.75, 3.05) is 26.5 Å². The van der Waals surface area contributed by atoms with E-state index in [0.29, 0.717) is 12.1 Å². The molecular formula is C27H33NO6. The Morgan fingerprint density at radius 2 is 1.97 bits per heavy atom. The second-order valence-electron chi connectivity index (χ2n) is 9.83. The summed E-state index contributed by atoms with van der Waals surface area (Å²) in [6.45, 7) is 11.5. The first-order valence-electron chi connectivity index (χ1n) is 12.0. The fourth-order valence-electron chi connectivity index (χ4n) is 5.48. The van der Waals surface area contributed by atoms with Gasteiger partial charge in [0.05, 0.1) is 30.4 Å². The standard InChI is InChI=1S/C27H33NO6/c1-14(2)31-12-19(29)11-28-9-8-18-10-21-25(33-13-32-21)17(5)22(18)24(28)26-20-7-6-15(3)16(4)23(20)27(30)34-26/h6-7,10,14,19,24,26,29H,8-9,11-13H2,1-5H3/t19?,24?,26-/m0/s1. The van der Waals surface area contributed by atoms with Crippen molar-refractivity contribution in [2.45, 2.75) is 65.4 Å². The number of nitrogens with zero attached hydrogens (tertiary/aromatic N) is 1. The molecule has 2 unspecified atom stereocenters.